The van der Waals surface area contributed by atoms with Gasteiger partial charge in [0.05, 0.1) is 18.6 Å². The van der Waals surface area contributed by atoms with Crippen LogP contribution in [0.25, 0.3) is 0 Å². The minimum absolute atomic E-state index is 0.108. The van der Waals surface area contributed by atoms with Crippen LogP contribution in [0.1, 0.15) is 29.5 Å². The highest BCUT2D eigenvalue weighted by atomic mass is 16.5. The van der Waals surface area contributed by atoms with Gasteiger partial charge in [0.1, 0.15) is 5.75 Å². The Morgan fingerprint density at radius 3 is 2.42 bits per heavy atom. The monoisotopic (exact) mass is 258 g/mol. The molecule has 1 saturated carbocycles. The molecule has 0 aromatic heterocycles. The molecule has 0 radical (unpaired) electrons. The molecule has 3 heteroatoms. The van der Waals surface area contributed by atoms with Crippen LogP contribution in [-0.2, 0) is 0 Å². The number of hydrogen-bond donors (Lipinski definition) is 0. The van der Waals surface area contributed by atoms with Gasteiger partial charge in [0.2, 0.25) is 0 Å². The van der Waals surface area contributed by atoms with E-state index < -0.39 is 0 Å². The van der Waals surface area contributed by atoms with Crippen molar-refractivity contribution < 1.29 is 4.74 Å². The van der Waals surface area contributed by atoms with Gasteiger partial charge in [-0.15, -0.1) is 0 Å². The predicted molar refractivity (Wildman–Crippen MR) is 77.8 cm³/mol. The summed E-state index contributed by atoms with van der Waals surface area (Å²) >= 11 is 0. The van der Waals surface area contributed by atoms with E-state index in [0.717, 1.165) is 30.7 Å². The highest BCUT2D eigenvalue weighted by molar-refractivity contribution is 5.63. The number of nitrogens with zero attached hydrogens (tertiary/aromatic N) is 2. The summed E-state index contributed by atoms with van der Waals surface area (Å²) in [4.78, 5) is 2.21. The highest BCUT2D eigenvalue weighted by Gasteiger charge is 2.44. The van der Waals surface area contributed by atoms with Crippen LogP contribution >= 0.6 is 0 Å². The van der Waals surface area contributed by atoms with Gasteiger partial charge in [-0.3, -0.25) is 0 Å². The van der Waals surface area contributed by atoms with Gasteiger partial charge in [-0.05, 0) is 56.4 Å². The molecule has 0 unspecified atom stereocenters. The third kappa shape index (κ3) is 2.40. The topological polar surface area (TPSA) is 36.3 Å². The lowest BCUT2D eigenvalue weighted by Crippen LogP contribution is -2.26. The summed E-state index contributed by atoms with van der Waals surface area (Å²) in [7, 11) is 3.79. The third-order valence-corrected chi connectivity index (χ3v) is 4.24. The fraction of sp³-hybridized carbons (Fsp3) is 0.562. The van der Waals surface area contributed by atoms with Crippen LogP contribution < -0.4 is 9.64 Å². The van der Waals surface area contributed by atoms with E-state index in [-0.39, 0.29) is 5.41 Å². The van der Waals surface area contributed by atoms with Crippen molar-refractivity contribution in [1.29, 1.82) is 5.26 Å². The fourth-order valence-electron chi connectivity index (χ4n) is 2.74. The first-order valence-corrected chi connectivity index (χ1v) is 6.71. The van der Waals surface area contributed by atoms with Crippen molar-refractivity contribution in [1.82, 2.24) is 0 Å². The summed E-state index contributed by atoms with van der Waals surface area (Å²) in [5.41, 5.74) is 4.67. The Balaban J connectivity index is 2.33. The zero-order valence-corrected chi connectivity index (χ0v) is 12.5. The van der Waals surface area contributed by atoms with Gasteiger partial charge in [0.15, 0.2) is 0 Å². The summed E-state index contributed by atoms with van der Waals surface area (Å²) in [5.74, 6) is 0.969. The second-order valence-corrected chi connectivity index (χ2v) is 5.74. The van der Waals surface area contributed by atoms with Crippen molar-refractivity contribution in [3.8, 4) is 11.8 Å². The highest BCUT2D eigenvalue weighted by Crippen LogP contribution is 2.46. The second kappa shape index (κ2) is 4.77. The first-order valence-electron chi connectivity index (χ1n) is 6.71. The average molecular weight is 258 g/mol. The Kier molecular flexibility index (Phi) is 3.45. The smallest absolute Gasteiger partial charge is 0.125 e. The van der Waals surface area contributed by atoms with Crippen molar-refractivity contribution in [2.45, 2.75) is 33.6 Å². The van der Waals surface area contributed by atoms with E-state index in [1.807, 2.05) is 0 Å². The lowest BCUT2D eigenvalue weighted by atomic mass is 10.0. The molecule has 2 rings (SSSR count). The number of hydrogen-bond acceptors (Lipinski definition) is 3. The summed E-state index contributed by atoms with van der Waals surface area (Å²) in [6.07, 6.45) is 2.06. The van der Waals surface area contributed by atoms with Gasteiger partial charge < -0.3 is 9.64 Å². The van der Waals surface area contributed by atoms with Crippen LogP contribution in [0.2, 0.25) is 0 Å². The molecule has 0 heterocycles. The molecular formula is C16H22N2O. The fourth-order valence-corrected chi connectivity index (χ4v) is 2.74. The van der Waals surface area contributed by atoms with E-state index in [1.165, 1.54) is 16.8 Å². The molecule has 1 aromatic rings. The summed E-state index contributed by atoms with van der Waals surface area (Å²) in [5, 5.41) is 9.22. The van der Waals surface area contributed by atoms with Crippen molar-refractivity contribution in [3.63, 3.8) is 0 Å². The molecule has 3 nitrogen and oxygen atoms in total. The molecule has 102 valence electrons. The molecule has 0 amide bonds. The second-order valence-electron chi connectivity index (χ2n) is 5.74. The molecule has 1 aromatic carbocycles. The molecule has 0 spiro atoms. The summed E-state index contributed by atoms with van der Waals surface area (Å²) in [6, 6.07) is 4.62. The number of rotatable bonds is 4. The summed E-state index contributed by atoms with van der Waals surface area (Å²) < 4.78 is 5.45. The standard InChI is InChI=1S/C16H22N2O/c1-11-8-14(12(2)13(3)15(11)19-5)18(4)10-16(9-17)6-7-16/h8H,6-7,10H2,1-5H3. The number of benzene rings is 1. The Hall–Kier alpha value is -1.69. The molecule has 0 aliphatic heterocycles. The van der Waals surface area contributed by atoms with Crippen molar-refractivity contribution in [3.05, 3.63) is 22.8 Å². The van der Waals surface area contributed by atoms with Crippen LogP contribution in [0.5, 0.6) is 5.75 Å². The Bertz CT molecular complexity index is 539. The molecule has 0 N–H and O–H groups in total. The van der Waals surface area contributed by atoms with Gasteiger partial charge >= 0.3 is 0 Å². The van der Waals surface area contributed by atoms with Gasteiger partial charge in [0, 0.05) is 19.3 Å². The van der Waals surface area contributed by atoms with Crippen LogP contribution in [-0.4, -0.2) is 20.7 Å². The lowest BCUT2D eigenvalue weighted by Gasteiger charge is -2.26. The minimum atomic E-state index is -0.108. The van der Waals surface area contributed by atoms with E-state index in [4.69, 9.17) is 4.74 Å². The zero-order valence-electron chi connectivity index (χ0n) is 12.5. The maximum absolute atomic E-state index is 9.22. The molecule has 1 aliphatic carbocycles. The lowest BCUT2D eigenvalue weighted by molar-refractivity contribution is 0.408. The van der Waals surface area contributed by atoms with Gasteiger partial charge in [-0.1, -0.05) is 0 Å². The Labute approximate surface area is 115 Å². The Morgan fingerprint density at radius 1 is 1.32 bits per heavy atom. The van der Waals surface area contributed by atoms with E-state index in [0.29, 0.717) is 0 Å². The number of anilines is 1. The largest absolute Gasteiger partial charge is 0.496 e. The Morgan fingerprint density at radius 2 is 1.95 bits per heavy atom. The van der Waals surface area contributed by atoms with Crippen LogP contribution in [0.4, 0.5) is 5.69 Å². The number of ether oxygens (including phenoxy) is 1. The van der Waals surface area contributed by atoms with Crippen LogP contribution in [0, 0.1) is 37.5 Å². The van der Waals surface area contributed by atoms with Crippen LogP contribution in [0.15, 0.2) is 6.07 Å². The first-order chi connectivity index (χ1) is 8.94. The first kappa shape index (κ1) is 13.7. The SMILES string of the molecule is COc1c(C)cc(N(C)CC2(C#N)CC2)c(C)c1C. The maximum atomic E-state index is 9.22. The zero-order chi connectivity index (χ0) is 14.2. The molecule has 0 saturated heterocycles. The van der Waals surface area contributed by atoms with Crippen molar-refractivity contribution >= 4 is 5.69 Å². The van der Waals surface area contributed by atoms with Gasteiger partial charge in [-0.2, -0.15) is 5.26 Å². The normalized spacial score (nSPS) is 15.8. The molecule has 0 bridgehead atoms. The minimum Gasteiger partial charge on any atom is -0.496 e. The number of nitriles is 1. The molecule has 1 fully saturated rings. The van der Waals surface area contributed by atoms with E-state index >= 15 is 0 Å². The number of methoxy groups -OCH3 is 1. The van der Waals surface area contributed by atoms with E-state index in [9.17, 15) is 5.26 Å². The number of aryl methyl sites for hydroxylation is 1. The van der Waals surface area contributed by atoms with Crippen molar-refractivity contribution in [2.75, 3.05) is 25.6 Å². The van der Waals surface area contributed by atoms with E-state index in [1.54, 1.807) is 7.11 Å². The maximum Gasteiger partial charge on any atom is 0.125 e. The quantitative estimate of drug-likeness (QED) is 0.831. The molecular weight excluding hydrogens is 236 g/mol. The predicted octanol–water partition coefficient (Wildman–Crippen LogP) is 3.36. The molecule has 0 atom stereocenters. The average Bonchev–Trinajstić information content (AvgIpc) is 3.14. The van der Waals surface area contributed by atoms with Gasteiger partial charge in [-0.25, -0.2) is 0 Å². The summed E-state index contributed by atoms with van der Waals surface area (Å²) in [6.45, 7) is 7.10. The van der Waals surface area contributed by atoms with E-state index in [2.05, 4.69) is 44.9 Å². The van der Waals surface area contributed by atoms with Crippen LogP contribution in [0.3, 0.4) is 0 Å². The molecule has 1 aliphatic rings. The van der Waals surface area contributed by atoms with Crippen molar-refractivity contribution in [2.24, 2.45) is 5.41 Å². The molecule has 19 heavy (non-hydrogen) atoms. The third-order valence-electron chi connectivity index (χ3n) is 4.24. The van der Waals surface area contributed by atoms with Gasteiger partial charge in [0.25, 0.3) is 0 Å².